The third-order valence-corrected chi connectivity index (χ3v) is 5.45. The van der Waals surface area contributed by atoms with E-state index >= 15 is 0 Å². The van der Waals surface area contributed by atoms with Crippen LogP contribution >= 0.6 is 11.8 Å². The van der Waals surface area contributed by atoms with Gasteiger partial charge < -0.3 is 15.2 Å². The number of carboxylic acids is 1. The lowest BCUT2D eigenvalue weighted by Gasteiger charge is -2.09. The number of carbonyl (C=O) groups excluding carboxylic acids is 2. The van der Waals surface area contributed by atoms with Crippen molar-refractivity contribution in [2.75, 3.05) is 19.5 Å². The number of aliphatic imine (C=N–C) groups is 1. The molecule has 1 atom stereocenters. The summed E-state index contributed by atoms with van der Waals surface area (Å²) in [5.74, 6) is -0.859. The Morgan fingerprint density at radius 1 is 1.17 bits per heavy atom. The Bertz CT molecular complexity index is 957. The molecule has 0 bridgehead atoms. The van der Waals surface area contributed by atoms with Gasteiger partial charge >= 0.3 is 5.97 Å². The van der Waals surface area contributed by atoms with Gasteiger partial charge in [-0.25, -0.2) is 9.79 Å². The van der Waals surface area contributed by atoms with E-state index in [1.807, 2.05) is 0 Å². The lowest BCUT2D eigenvalue weighted by molar-refractivity contribution is -0.127. The summed E-state index contributed by atoms with van der Waals surface area (Å²) in [4.78, 5) is 41.6. The number of ether oxygens (including phenoxy) is 1. The maximum absolute atomic E-state index is 12.5. The van der Waals surface area contributed by atoms with Crippen molar-refractivity contribution >= 4 is 46.1 Å². The predicted molar refractivity (Wildman–Crippen MR) is 111 cm³/mol. The van der Waals surface area contributed by atoms with Crippen molar-refractivity contribution in [3.05, 3.63) is 54.1 Å². The number of nitrogens with zero attached hydrogens (tertiary/aromatic N) is 2. The van der Waals surface area contributed by atoms with E-state index in [1.54, 1.807) is 38.4 Å². The summed E-state index contributed by atoms with van der Waals surface area (Å²) in [7, 11) is 3.20. The number of hydrogen-bond donors (Lipinski definition) is 2. The Morgan fingerprint density at radius 2 is 1.83 bits per heavy atom. The average Bonchev–Trinajstić information content (AvgIpc) is 2.96. The SMILES string of the molecule is COc1ccc(N=C2S[C@@H](CC(=O)Nc3ccc(C(=O)O)cc3)C(=O)N2C)cc1. The molecule has 0 unspecified atom stereocenters. The summed E-state index contributed by atoms with van der Waals surface area (Å²) in [6, 6.07) is 12.9. The van der Waals surface area contributed by atoms with Crippen LogP contribution in [0.1, 0.15) is 16.8 Å². The number of hydrogen-bond acceptors (Lipinski definition) is 6. The van der Waals surface area contributed by atoms with Gasteiger partial charge in [-0.15, -0.1) is 0 Å². The van der Waals surface area contributed by atoms with Gasteiger partial charge in [0.05, 0.1) is 18.4 Å². The molecule has 8 nitrogen and oxygen atoms in total. The van der Waals surface area contributed by atoms with Crippen LogP contribution in [0.5, 0.6) is 5.75 Å². The minimum Gasteiger partial charge on any atom is -0.497 e. The molecule has 9 heteroatoms. The van der Waals surface area contributed by atoms with E-state index in [-0.39, 0.29) is 23.8 Å². The zero-order valence-electron chi connectivity index (χ0n) is 15.8. The molecule has 0 aliphatic carbocycles. The Labute approximate surface area is 171 Å². The number of amidine groups is 1. The highest BCUT2D eigenvalue weighted by Crippen LogP contribution is 2.31. The van der Waals surface area contributed by atoms with Crippen molar-refractivity contribution in [2.45, 2.75) is 11.7 Å². The molecule has 1 heterocycles. The molecular weight excluding hydrogens is 394 g/mol. The van der Waals surface area contributed by atoms with Gasteiger partial charge in [-0.2, -0.15) is 0 Å². The fourth-order valence-electron chi connectivity index (χ4n) is 2.64. The summed E-state index contributed by atoms with van der Waals surface area (Å²) in [6.45, 7) is 0. The van der Waals surface area contributed by atoms with Crippen LogP contribution < -0.4 is 10.1 Å². The summed E-state index contributed by atoms with van der Waals surface area (Å²) in [5, 5.41) is 11.5. The quantitative estimate of drug-likeness (QED) is 0.754. The number of anilines is 1. The van der Waals surface area contributed by atoms with Gasteiger partial charge in [0.1, 0.15) is 11.0 Å². The van der Waals surface area contributed by atoms with Crippen LogP contribution in [-0.2, 0) is 9.59 Å². The molecule has 0 aromatic heterocycles. The minimum atomic E-state index is -1.04. The van der Waals surface area contributed by atoms with Gasteiger partial charge in [0.25, 0.3) is 0 Å². The van der Waals surface area contributed by atoms with Crippen LogP contribution in [0.2, 0.25) is 0 Å². The van der Waals surface area contributed by atoms with Crippen LogP contribution in [0.15, 0.2) is 53.5 Å². The fraction of sp³-hybridized carbons (Fsp3) is 0.200. The number of methoxy groups -OCH3 is 1. The van der Waals surface area contributed by atoms with Crippen LogP contribution in [0.25, 0.3) is 0 Å². The summed E-state index contributed by atoms with van der Waals surface area (Å²) >= 11 is 1.23. The number of amides is 2. The maximum atomic E-state index is 12.5. The minimum absolute atomic E-state index is 0.0177. The molecule has 0 spiro atoms. The van der Waals surface area contributed by atoms with Crippen molar-refractivity contribution in [2.24, 2.45) is 4.99 Å². The van der Waals surface area contributed by atoms with Gasteiger partial charge in [0, 0.05) is 19.2 Å². The number of benzene rings is 2. The first-order valence-electron chi connectivity index (χ1n) is 8.67. The third kappa shape index (κ3) is 4.94. The maximum Gasteiger partial charge on any atom is 0.335 e. The molecule has 2 N–H and O–H groups in total. The molecule has 1 aliphatic heterocycles. The van der Waals surface area contributed by atoms with Gasteiger partial charge in [0.2, 0.25) is 11.8 Å². The zero-order chi connectivity index (χ0) is 21.0. The molecule has 2 aromatic rings. The predicted octanol–water partition coefficient (Wildman–Crippen LogP) is 2.98. The highest BCUT2D eigenvalue weighted by Gasteiger charge is 2.37. The summed E-state index contributed by atoms with van der Waals surface area (Å²) in [6.07, 6.45) is -0.0177. The molecule has 29 heavy (non-hydrogen) atoms. The average molecular weight is 413 g/mol. The Morgan fingerprint density at radius 3 is 2.41 bits per heavy atom. The van der Waals surface area contributed by atoms with Crippen LogP contribution in [0.3, 0.4) is 0 Å². The normalized spacial score (nSPS) is 17.4. The van der Waals surface area contributed by atoms with E-state index in [9.17, 15) is 14.4 Å². The van der Waals surface area contributed by atoms with E-state index in [0.29, 0.717) is 22.3 Å². The lowest BCUT2D eigenvalue weighted by atomic mass is 10.2. The first kappa shape index (κ1) is 20.4. The number of aromatic carboxylic acids is 1. The topological polar surface area (TPSA) is 108 Å². The highest BCUT2D eigenvalue weighted by molar-refractivity contribution is 8.15. The monoisotopic (exact) mass is 413 g/mol. The lowest BCUT2D eigenvalue weighted by Crippen LogP contribution is -2.30. The number of carboxylic acid groups (broad SMARTS) is 1. The highest BCUT2D eigenvalue weighted by atomic mass is 32.2. The molecule has 2 aromatic carbocycles. The molecular formula is C20H19N3O5S. The first-order chi connectivity index (χ1) is 13.9. The van der Waals surface area contributed by atoms with Crippen molar-refractivity contribution in [1.82, 2.24) is 4.90 Å². The molecule has 2 amide bonds. The van der Waals surface area contributed by atoms with E-state index < -0.39 is 11.2 Å². The van der Waals surface area contributed by atoms with E-state index in [2.05, 4.69) is 10.3 Å². The largest absolute Gasteiger partial charge is 0.497 e. The fourth-order valence-corrected chi connectivity index (χ4v) is 3.80. The number of thioether (sulfide) groups is 1. The van der Waals surface area contributed by atoms with Crippen molar-refractivity contribution < 1.29 is 24.2 Å². The Hall–Kier alpha value is -3.33. The second-order valence-corrected chi connectivity index (χ2v) is 7.40. The summed E-state index contributed by atoms with van der Waals surface area (Å²) in [5.41, 5.74) is 1.28. The third-order valence-electron chi connectivity index (χ3n) is 4.22. The van der Waals surface area contributed by atoms with E-state index in [4.69, 9.17) is 9.84 Å². The van der Waals surface area contributed by atoms with E-state index in [0.717, 1.165) is 0 Å². The molecule has 0 saturated carbocycles. The van der Waals surface area contributed by atoms with E-state index in [1.165, 1.54) is 40.9 Å². The zero-order valence-corrected chi connectivity index (χ0v) is 16.6. The number of carbonyl (C=O) groups is 3. The molecule has 150 valence electrons. The second kappa shape index (κ2) is 8.78. The Kier molecular flexibility index (Phi) is 6.18. The Balaban J connectivity index is 1.63. The number of nitrogens with one attached hydrogen (secondary N) is 1. The van der Waals surface area contributed by atoms with Crippen LogP contribution in [0, 0.1) is 0 Å². The van der Waals surface area contributed by atoms with Crippen molar-refractivity contribution in [3.63, 3.8) is 0 Å². The molecule has 1 fully saturated rings. The standard InChI is InChI=1S/C20H19N3O5S/c1-23-18(25)16(29-20(23)22-14-7-9-15(28-2)10-8-14)11-17(24)21-13-5-3-12(4-6-13)19(26)27/h3-10,16H,11H2,1-2H3,(H,21,24)(H,26,27)/t16-/m0/s1. The second-order valence-electron chi connectivity index (χ2n) is 6.23. The smallest absolute Gasteiger partial charge is 0.335 e. The van der Waals surface area contributed by atoms with Crippen molar-refractivity contribution in [1.29, 1.82) is 0 Å². The molecule has 3 rings (SSSR count). The van der Waals surface area contributed by atoms with Crippen LogP contribution in [0.4, 0.5) is 11.4 Å². The molecule has 1 aliphatic rings. The van der Waals surface area contributed by atoms with Crippen molar-refractivity contribution in [3.8, 4) is 5.75 Å². The van der Waals surface area contributed by atoms with Gasteiger partial charge in [0.15, 0.2) is 5.17 Å². The summed E-state index contributed by atoms with van der Waals surface area (Å²) < 4.78 is 5.11. The number of rotatable bonds is 6. The van der Waals surface area contributed by atoms with Crippen LogP contribution in [-0.4, -0.2) is 52.4 Å². The molecule has 1 saturated heterocycles. The molecule has 0 radical (unpaired) electrons. The first-order valence-corrected chi connectivity index (χ1v) is 9.55. The van der Waals surface area contributed by atoms with Gasteiger partial charge in [-0.3, -0.25) is 14.5 Å². The van der Waals surface area contributed by atoms with Gasteiger partial charge in [-0.05, 0) is 48.5 Å². The van der Waals surface area contributed by atoms with Gasteiger partial charge in [-0.1, -0.05) is 11.8 Å².